The summed E-state index contributed by atoms with van der Waals surface area (Å²) >= 11 is 0. The Kier molecular flexibility index (Phi) is 4.18. The largest absolute Gasteiger partial charge is 0.469 e. The Bertz CT molecular complexity index is 689. The number of fused-ring (bicyclic) bond motifs is 3. The summed E-state index contributed by atoms with van der Waals surface area (Å²) in [7, 11) is 1.43. The van der Waals surface area contributed by atoms with Gasteiger partial charge in [-0.15, -0.1) is 0 Å². The summed E-state index contributed by atoms with van der Waals surface area (Å²) in [6, 6.07) is 8.90. The van der Waals surface area contributed by atoms with Crippen LogP contribution >= 0.6 is 0 Å². The van der Waals surface area contributed by atoms with Gasteiger partial charge in [0, 0.05) is 25.0 Å². The van der Waals surface area contributed by atoms with Crippen LogP contribution < -0.4 is 5.32 Å². The van der Waals surface area contributed by atoms with Crippen molar-refractivity contribution in [3.8, 4) is 0 Å². The molecule has 3 aliphatic rings. The molecule has 2 fully saturated rings. The summed E-state index contributed by atoms with van der Waals surface area (Å²) in [6.45, 7) is 3.26. The third kappa shape index (κ3) is 2.90. The van der Waals surface area contributed by atoms with Crippen LogP contribution in [0, 0.1) is 17.8 Å². The molecule has 4 rings (SSSR count). The Morgan fingerprint density at radius 3 is 2.80 bits per heavy atom. The van der Waals surface area contributed by atoms with Crippen molar-refractivity contribution in [2.45, 2.75) is 38.1 Å². The molecule has 1 aliphatic heterocycles. The molecular weight excluding hydrogens is 316 g/mol. The first kappa shape index (κ1) is 16.4. The molecular formula is C20H26N2O3. The van der Waals surface area contributed by atoms with E-state index in [9.17, 15) is 9.59 Å². The number of amides is 2. The predicted molar refractivity (Wildman–Crippen MR) is 94.2 cm³/mol. The van der Waals surface area contributed by atoms with Crippen molar-refractivity contribution in [1.82, 2.24) is 10.2 Å². The molecule has 25 heavy (non-hydrogen) atoms. The zero-order chi connectivity index (χ0) is 17.6. The maximum Gasteiger partial charge on any atom is 0.317 e. The quantitative estimate of drug-likeness (QED) is 0.841. The van der Waals surface area contributed by atoms with Gasteiger partial charge < -0.3 is 15.0 Å². The van der Waals surface area contributed by atoms with Crippen LogP contribution in [0.3, 0.4) is 0 Å². The SMILES string of the molecule is COC(=O)C1CCN(C(=O)NC2C3CCc4ccccc4C32)CC1C. The standard InChI is InChI=1S/C20H26N2O3/c1-12-11-22(10-9-14(12)19(23)25-2)20(24)21-18-16-8-7-13-5-3-4-6-15(13)17(16)18/h3-6,12,14,16-18H,7-11H2,1-2H3,(H,21,24). The van der Waals surface area contributed by atoms with E-state index < -0.39 is 0 Å². The number of esters is 1. The number of carbonyl (C=O) groups is 2. The minimum Gasteiger partial charge on any atom is -0.469 e. The lowest BCUT2D eigenvalue weighted by Gasteiger charge is -2.35. The second kappa shape index (κ2) is 6.36. The van der Waals surface area contributed by atoms with E-state index in [2.05, 4.69) is 29.6 Å². The van der Waals surface area contributed by atoms with E-state index in [1.165, 1.54) is 18.2 Å². The smallest absolute Gasteiger partial charge is 0.317 e. The van der Waals surface area contributed by atoms with Crippen molar-refractivity contribution in [3.05, 3.63) is 35.4 Å². The highest BCUT2D eigenvalue weighted by atomic mass is 16.5. The van der Waals surface area contributed by atoms with Crippen molar-refractivity contribution >= 4 is 12.0 Å². The average Bonchev–Trinajstić information content (AvgIpc) is 3.34. The van der Waals surface area contributed by atoms with Crippen molar-refractivity contribution in [3.63, 3.8) is 0 Å². The highest BCUT2D eigenvalue weighted by molar-refractivity contribution is 5.77. The first-order chi connectivity index (χ1) is 12.1. The van der Waals surface area contributed by atoms with Gasteiger partial charge in [0.15, 0.2) is 0 Å². The molecule has 2 amide bonds. The van der Waals surface area contributed by atoms with Gasteiger partial charge in [-0.3, -0.25) is 4.79 Å². The molecule has 1 saturated carbocycles. The fourth-order valence-electron chi connectivity index (χ4n) is 4.83. The molecule has 5 heteroatoms. The molecule has 1 aromatic carbocycles. The molecule has 5 unspecified atom stereocenters. The zero-order valence-corrected chi connectivity index (χ0v) is 14.9. The topological polar surface area (TPSA) is 58.6 Å². The Morgan fingerprint density at radius 1 is 1.24 bits per heavy atom. The molecule has 0 bridgehead atoms. The normalized spacial score (nSPS) is 33.0. The van der Waals surface area contributed by atoms with Gasteiger partial charge in [0.05, 0.1) is 13.0 Å². The molecule has 1 saturated heterocycles. The van der Waals surface area contributed by atoms with Gasteiger partial charge >= 0.3 is 12.0 Å². The second-order valence-electron chi connectivity index (χ2n) is 7.74. The highest BCUT2D eigenvalue weighted by Gasteiger charge is 2.54. The van der Waals surface area contributed by atoms with Crippen molar-refractivity contribution < 1.29 is 14.3 Å². The van der Waals surface area contributed by atoms with E-state index in [4.69, 9.17) is 4.74 Å². The minimum atomic E-state index is -0.155. The molecule has 0 spiro atoms. The van der Waals surface area contributed by atoms with Crippen LogP contribution in [-0.4, -0.2) is 43.1 Å². The van der Waals surface area contributed by atoms with Gasteiger partial charge in [-0.2, -0.15) is 0 Å². The predicted octanol–water partition coefficient (Wildman–Crippen LogP) is 2.56. The third-order valence-electron chi connectivity index (χ3n) is 6.32. The number of carbonyl (C=O) groups excluding carboxylic acids is 2. The molecule has 2 aliphatic carbocycles. The number of hydrogen-bond donors (Lipinski definition) is 1. The number of hydrogen-bond acceptors (Lipinski definition) is 3. The average molecular weight is 342 g/mol. The van der Waals surface area contributed by atoms with Gasteiger partial charge in [-0.05, 0) is 42.2 Å². The first-order valence-corrected chi connectivity index (χ1v) is 9.31. The summed E-state index contributed by atoms with van der Waals surface area (Å²) in [5.41, 5.74) is 2.86. The van der Waals surface area contributed by atoms with Gasteiger partial charge in [0.2, 0.25) is 0 Å². The van der Waals surface area contributed by atoms with Crippen LogP contribution in [0.1, 0.15) is 36.8 Å². The Labute approximate surface area is 148 Å². The van der Waals surface area contributed by atoms with E-state index in [0.717, 1.165) is 12.8 Å². The number of piperidine rings is 1. The van der Waals surface area contributed by atoms with E-state index in [-0.39, 0.29) is 29.9 Å². The number of methoxy groups -OCH3 is 1. The van der Waals surface area contributed by atoms with E-state index in [0.29, 0.717) is 31.3 Å². The van der Waals surface area contributed by atoms with Crippen LogP contribution in [0.15, 0.2) is 24.3 Å². The Balaban J connectivity index is 1.36. The summed E-state index contributed by atoms with van der Waals surface area (Å²) in [5, 5.41) is 3.26. The fourth-order valence-corrected chi connectivity index (χ4v) is 4.83. The molecule has 0 aromatic heterocycles. The fraction of sp³-hybridized carbons (Fsp3) is 0.600. The molecule has 5 nitrogen and oxygen atoms in total. The first-order valence-electron chi connectivity index (χ1n) is 9.31. The molecule has 0 radical (unpaired) electrons. The van der Waals surface area contributed by atoms with Crippen LogP contribution in [-0.2, 0) is 16.0 Å². The van der Waals surface area contributed by atoms with Crippen molar-refractivity contribution in [2.75, 3.05) is 20.2 Å². The van der Waals surface area contributed by atoms with Gasteiger partial charge in [0.25, 0.3) is 0 Å². The van der Waals surface area contributed by atoms with Crippen LogP contribution in [0.4, 0.5) is 4.79 Å². The number of nitrogens with one attached hydrogen (secondary N) is 1. The number of likely N-dealkylation sites (tertiary alicyclic amines) is 1. The van der Waals surface area contributed by atoms with E-state index >= 15 is 0 Å². The third-order valence-corrected chi connectivity index (χ3v) is 6.32. The van der Waals surface area contributed by atoms with Gasteiger partial charge in [-0.25, -0.2) is 4.79 Å². The van der Waals surface area contributed by atoms with Crippen LogP contribution in [0.2, 0.25) is 0 Å². The van der Waals surface area contributed by atoms with Gasteiger partial charge in [0.1, 0.15) is 0 Å². The molecule has 134 valence electrons. The summed E-state index contributed by atoms with van der Waals surface area (Å²) in [6.07, 6.45) is 2.96. The van der Waals surface area contributed by atoms with Crippen molar-refractivity contribution in [2.24, 2.45) is 17.8 Å². The van der Waals surface area contributed by atoms with Crippen molar-refractivity contribution in [1.29, 1.82) is 0 Å². The molecule has 1 aromatic rings. The number of rotatable bonds is 2. The number of urea groups is 1. The number of nitrogens with zero attached hydrogens (tertiary/aromatic N) is 1. The number of benzene rings is 1. The lowest BCUT2D eigenvalue weighted by molar-refractivity contribution is -0.148. The van der Waals surface area contributed by atoms with E-state index in [1.54, 1.807) is 0 Å². The summed E-state index contributed by atoms with van der Waals surface area (Å²) < 4.78 is 4.87. The monoisotopic (exact) mass is 342 g/mol. The van der Waals surface area contributed by atoms with Crippen LogP contribution in [0.5, 0.6) is 0 Å². The Morgan fingerprint density at radius 2 is 2.04 bits per heavy atom. The second-order valence-corrected chi connectivity index (χ2v) is 7.74. The zero-order valence-electron chi connectivity index (χ0n) is 14.9. The Hall–Kier alpha value is -2.04. The molecule has 5 atom stereocenters. The molecule has 1 N–H and O–H groups in total. The summed E-state index contributed by atoms with van der Waals surface area (Å²) in [5.74, 6) is 0.957. The minimum absolute atomic E-state index is 0.0204. The maximum absolute atomic E-state index is 12.7. The molecule has 1 heterocycles. The maximum atomic E-state index is 12.7. The van der Waals surface area contributed by atoms with Gasteiger partial charge in [-0.1, -0.05) is 31.2 Å². The van der Waals surface area contributed by atoms with E-state index in [1.807, 2.05) is 11.8 Å². The lowest BCUT2D eigenvalue weighted by Crippen LogP contribution is -2.49. The number of ether oxygens (including phenoxy) is 1. The highest BCUT2D eigenvalue weighted by Crippen LogP contribution is 2.54. The number of aryl methyl sites for hydroxylation is 1. The lowest BCUT2D eigenvalue weighted by atomic mass is 9.87. The summed E-state index contributed by atoms with van der Waals surface area (Å²) in [4.78, 5) is 26.3. The van der Waals surface area contributed by atoms with Crippen LogP contribution in [0.25, 0.3) is 0 Å².